The van der Waals surface area contributed by atoms with Crippen molar-refractivity contribution in [1.29, 1.82) is 0 Å². The van der Waals surface area contributed by atoms with Gasteiger partial charge in [0.2, 0.25) is 0 Å². The summed E-state index contributed by atoms with van der Waals surface area (Å²) in [6.45, 7) is 4.55. The molecule has 64 heavy (non-hydrogen) atoms. The molecule has 1 N–H and O–H groups in total. The molecule has 0 saturated carbocycles. The summed E-state index contributed by atoms with van der Waals surface area (Å²) in [5.41, 5.74) is 0. The molecule has 8 heteroatoms. The van der Waals surface area contributed by atoms with Gasteiger partial charge in [-0.2, -0.15) is 0 Å². The molecule has 0 aliphatic heterocycles. The Hall–Kier alpha value is -3.75. The van der Waals surface area contributed by atoms with E-state index >= 15 is 0 Å². The van der Waals surface area contributed by atoms with Crippen LogP contribution in [0.4, 0.5) is 0 Å². The second kappa shape index (κ2) is 45.8. The van der Waals surface area contributed by atoms with Crippen molar-refractivity contribution in [3.63, 3.8) is 0 Å². The number of rotatable bonds is 44. The van der Waals surface area contributed by atoms with E-state index < -0.39 is 18.1 Å². The molecule has 2 unspecified atom stereocenters. The standard InChI is InChI=1S/C56H93NO7/c1-6-8-10-12-14-16-18-20-22-24-25-26-27-28-29-31-33-35-37-39-41-43-45-47-55(59)64-52(50-62-49-48-53(56(60)61)57(3,4)5)51-63-54(58)46-44-42-40-38-36-34-32-30-23-21-19-17-15-13-11-9-7-2/h8,10,14,16,20-23,25-26,28-29,33,35,39,41,52-53H,6-7,9,11-13,15,17-19,24,27,30-32,34,36-38,40,42-51H2,1-5H3/p+1/b10-8+,16-14+,22-20+,23-21+,26-25+,29-28+,35-33+,41-39+. The number of esters is 2. The maximum absolute atomic E-state index is 12.8. The summed E-state index contributed by atoms with van der Waals surface area (Å²) in [6, 6.07) is -0.632. The lowest BCUT2D eigenvalue weighted by Crippen LogP contribution is -2.50. The Balaban J connectivity index is 4.41. The lowest BCUT2D eigenvalue weighted by atomic mass is 10.1. The van der Waals surface area contributed by atoms with Crippen LogP contribution >= 0.6 is 0 Å². The number of carbonyl (C=O) groups is 3. The minimum absolute atomic E-state index is 0.0310. The number of hydrogen-bond acceptors (Lipinski definition) is 6. The molecule has 0 spiro atoms. The van der Waals surface area contributed by atoms with E-state index in [1.807, 2.05) is 21.1 Å². The number of carboxylic acids is 1. The van der Waals surface area contributed by atoms with Gasteiger partial charge in [-0.15, -0.1) is 0 Å². The zero-order chi connectivity index (χ0) is 47.0. The Morgan fingerprint density at radius 3 is 1.36 bits per heavy atom. The molecule has 0 aliphatic carbocycles. The molecule has 0 aliphatic rings. The van der Waals surface area contributed by atoms with Gasteiger partial charge in [0, 0.05) is 19.3 Å². The third kappa shape index (κ3) is 43.5. The number of aliphatic carboxylic acids is 1. The predicted molar refractivity (Wildman–Crippen MR) is 270 cm³/mol. The van der Waals surface area contributed by atoms with E-state index in [1.54, 1.807) is 0 Å². The summed E-state index contributed by atoms with van der Waals surface area (Å²) in [5, 5.41) is 9.65. The fourth-order valence-electron chi connectivity index (χ4n) is 6.84. The number of ether oxygens (including phenoxy) is 3. The van der Waals surface area contributed by atoms with E-state index in [1.165, 1.54) is 77.0 Å². The summed E-state index contributed by atoms with van der Waals surface area (Å²) < 4.78 is 17.3. The largest absolute Gasteiger partial charge is 0.477 e. The van der Waals surface area contributed by atoms with E-state index in [4.69, 9.17) is 14.2 Å². The summed E-state index contributed by atoms with van der Waals surface area (Å²) >= 11 is 0. The Labute approximate surface area is 392 Å². The van der Waals surface area contributed by atoms with Crippen molar-refractivity contribution in [2.24, 2.45) is 0 Å². The number of carboxylic acid groups (broad SMARTS) is 1. The third-order valence-electron chi connectivity index (χ3n) is 10.7. The van der Waals surface area contributed by atoms with Crippen LogP contribution in [0, 0.1) is 0 Å². The van der Waals surface area contributed by atoms with Gasteiger partial charge in [-0.25, -0.2) is 4.79 Å². The minimum Gasteiger partial charge on any atom is -0.477 e. The molecule has 0 fully saturated rings. The van der Waals surface area contributed by atoms with Crippen LogP contribution < -0.4 is 0 Å². The van der Waals surface area contributed by atoms with E-state index in [9.17, 15) is 19.5 Å². The summed E-state index contributed by atoms with van der Waals surface area (Å²) in [4.78, 5) is 37.1. The fraction of sp³-hybridized carbons (Fsp3) is 0.661. The number of unbranched alkanes of at least 4 members (excludes halogenated alkanes) is 14. The first kappa shape index (κ1) is 60.2. The van der Waals surface area contributed by atoms with Crippen molar-refractivity contribution in [1.82, 2.24) is 0 Å². The highest BCUT2D eigenvalue weighted by molar-refractivity contribution is 5.72. The van der Waals surface area contributed by atoms with Gasteiger partial charge in [0.15, 0.2) is 12.1 Å². The maximum atomic E-state index is 12.8. The van der Waals surface area contributed by atoms with Crippen LogP contribution in [0.3, 0.4) is 0 Å². The summed E-state index contributed by atoms with van der Waals surface area (Å²) in [5.74, 6) is -1.56. The van der Waals surface area contributed by atoms with Gasteiger partial charge >= 0.3 is 17.9 Å². The minimum atomic E-state index is -0.888. The molecular formula is C56H94NO7+. The summed E-state index contributed by atoms with van der Waals surface area (Å²) in [7, 11) is 5.50. The van der Waals surface area contributed by atoms with E-state index in [-0.39, 0.29) is 42.7 Å². The molecule has 0 heterocycles. The van der Waals surface area contributed by atoms with Crippen LogP contribution in [-0.2, 0) is 28.6 Å². The van der Waals surface area contributed by atoms with Crippen molar-refractivity contribution >= 4 is 17.9 Å². The predicted octanol–water partition coefficient (Wildman–Crippen LogP) is 14.6. The highest BCUT2D eigenvalue weighted by Crippen LogP contribution is 2.13. The van der Waals surface area contributed by atoms with Gasteiger partial charge in [-0.05, 0) is 89.9 Å². The molecule has 2 atom stereocenters. The molecule has 0 aromatic rings. The monoisotopic (exact) mass is 893 g/mol. The highest BCUT2D eigenvalue weighted by Gasteiger charge is 2.31. The number of nitrogens with zero attached hydrogens (tertiary/aromatic N) is 1. The normalized spacial score (nSPS) is 13.7. The number of likely N-dealkylation sites (N-methyl/N-ethyl adjacent to an activating group) is 1. The van der Waals surface area contributed by atoms with Crippen molar-refractivity contribution in [3.05, 3.63) is 97.2 Å². The van der Waals surface area contributed by atoms with Gasteiger partial charge < -0.3 is 23.8 Å². The molecule has 0 bridgehead atoms. The topological polar surface area (TPSA) is 99.1 Å². The lowest BCUT2D eigenvalue weighted by molar-refractivity contribution is -0.887. The van der Waals surface area contributed by atoms with Crippen molar-refractivity contribution in [3.8, 4) is 0 Å². The molecule has 0 amide bonds. The van der Waals surface area contributed by atoms with Crippen LogP contribution in [0.5, 0.6) is 0 Å². The van der Waals surface area contributed by atoms with Crippen molar-refractivity contribution in [2.75, 3.05) is 41.0 Å². The van der Waals surface area contributed by atoms with E-state index in [0.29, 0.717) is 19.3 Å². The van der Waals surface area contributed by atoms with Crippen molar-refractivity contribution < 1.29 is 38.2 Å². The Morgan fingerprint density at radius 1 is 0.484 bits per heavy atom. The van der Waals surface area contributed by atoms with E-state index in [2.05, 4.69) is 111 Å². The molecule has 0 aromatic carbocycles. The van der Waals surface area contributed by atoms with Gasteiger partial charge in [-0.1, -0.05) is 175 Å². The average Bonchev–Trinajstić information content (AvgIpc) is 3.26. The second-order valence-corrected chi connectivity index (χ2v) is 17.7. The molecular weight excluding hydrogens is 799 g/mol. The first-order valence-corrected chi connectivity index (χ1v) is 25.3. The second-order valence-electron chi connectivity index (χ2n) is 17.7. The smallest absolute Gasteiger partial charge is 0.362 e. The Kier molecular flexibility index (Phi) is 43.1. The molecule has 0 radical (unpaired) electrons. The maximum Gasteiger partial charge on any atom is 0.362 e. The molecule has 0 saturated heterocycles. The Bertz CT molecular complexity index is 1360. The Morgan fingerprint density at radius 2 is 0.891 bits per heavy atom. The third-order valence-corrected chi connectivity index (χ3v) is 10.7. The quantitative estimate of drug-likeness (QED) is 0.0281. The number of allylic oxidation sites excluding steroid dienone is 16. The van der Waals surface area contributed by atoms with Gasteiger partial charge in [0.1, 0.15) is 6.61 Å². The van der Waals surface area contributed by atoms with Crippen LogP contribution in [0.15, 0.2) is 97.2 Å². The zero-order valence-electron chi connectivity index (χ0n) is 41.4. The first-order chi connectivity index (χ1) is 31.1. The SMILES string of the molecule is CC/C=C/C/C=C/C/C=C/C/C=C/C/C=C/C/C=C/C/C=C/CCCC(=O)OC(COCCC(C(=O)O)[N+](C)(C)C)COC(=O)CCCCCCCCC/C=C/CCCCCCCC. The van der Waals surface area contributed by atoms with Gasteiger partial charge in [0.05, 0.1) is 34.4 Å². The highest BCUT2D eigenvalue weighted by atomic mass is 16.6. The molecule has 0 rings (SSSR count). The number of hydrogen-bond donors (Lipinski definition) is 1. The molecule has 0 aromatic heterocycles. The average molecular weight is 893 g/mol. The molecule has 364 valence electrons. The zero-order valence-corrected chi connectivity index (χ0v) is 41.4. The van der Waals surface area contributed by atoms with Crippen LogP contribution in [-0.4, -0.2) is 80.6 Å². The van der Waals surface area contributed by atoms with Crippen LogP contribution in [0.2, 0.25) is 0 Å². The van der Waals surface area contributed by atoms with Crippen molar-refractivity contribution in [2.45, 2.75) is 199 Å². The van der Waals surface area contributed by atoms with E-state index in [0.717, 1.165) is 70.6 Å². The fourth-order valence-corrected chi connectivity index (χ4v) is 6.84. The number of quaternary nitrogens is 1. The van der Waals surface area contributed by atoms with Crippen LogP contribution in [0.25, 0.3) is 0 Å². The lowest BCUT2D eigenvalue weighted by Gasteiger charge is -2.31. The van der Waals surface area contributed by atoms with Crippen LogP contribution in [0.1, 0.15) is 187 Å². The van der Waals surface area contributed by atoms with Gasteiger partial charge in [0.25, 0.3) is 0 Å². The first-order valence-electron chi connectivity index (χ1n) is 25.3. The number of carbonyl (C=O) groups excluding carboxylic acids is 2. The summed E-state index contributed by atoms with van der Waals surface area (Å²) in [6.07, 6.45) is 61.8. The van der Waals surface area contributed by atoms with Gasteiger partial charge in [-0.3, -0.25) is 9.59 Å². The molecule has 8 nitrogen and oxygen atoms in total.